The highest BCUT2D eigenvalue weighted by Crippen LogP contribution is 2.29. The third kappa shape index (κ3) is 1.87. The smallest absolute Gasteiger partial charge is 0.150 e. The molecule has 0 fully saturated rings. The van der Waals surface area contributed by atoms with Crippen LogP contribution in [0.3, 0.4) is 0 Å². The Morgan fingerprint density at radius 1 is 1.40 bits per heavy atom. The van der Waals surface area contributed by atoms with Gasteiger partial charge in [-0.2, -0.15) is 0 Å². The van der Waals surface area contributed by atoms with E-state index < -0.39 is 5.60 Å². The second-order valence-electron chi connectivity index (χ2n) is 4.10. The van der Waals surface area contributed by atoms with Crippen LogP contribution in [0.25, 0.3) is 10.2 Å². The van der Waals surface area contributed by atoms with Gasteiger partial charge in [-0.3, -0.25) is 0 Å². The standard InChI is InChI=1S/C11H12FNOS/c1-6-13-10-8(12)4-7(11(2,3)14)5-9(10)15-6/h4-5,14H,1-3H3. The van der Waals surface area contributed by atoms with Crippen LogP contribution in [0.4, 0.5) is 4.39 Å². The third-order valence-electron chi connectivity index (χ3n) is 2.26. The fraction of sp³-hybridized carbons (Fsp3) is 0.364. The number of hydrogen-bond donors (Lipinski definition) is 1. The van der Waals surface area contributed by atoms with Crippen LogP contribution in [0.2, 0.25) is 0 Å². The molecule has 2 nitrogen and oxygen atoms in total. The highest BCUT2D eigenvalue weighted by atomic mass is 32.1. The first-order valence-electron chi connectivity index (χ1n) is 4.67. The maximum atomic E-state index is 13.6. The van der Waals surface area contributed by atoms with E-state index in [0.717, 1.165) is 9.71 Å². The quantitative estimate of drug-likeness (QED) is 0.809. The summed E-state index contributed by atoms with van der Waals surface area (Å²) < 4.78 is 14.4. The lowest BCUT2D eigenvalue weighted by atomic mass is 9.98. The van der Waals surface area contributed by atoms with Crippen LogP contribution in [-0.4, -0.2) is 10.1 Å². The number of hydrogen-bond acceptors (Lipinski definition) is 3. The Morgan fingerprint density at radius 2 is 2.07 bits per heavy atom. The predicted octanol–water partition coefficient (Wildman–Crippen LogP) is 2.97. The summed E-state index contributed by atoms with van der Waals surface area (Å²) in [6.07, 6.45) is 0. The molecule has 0 saturated carbocycles. The number of aliphatic hydroxyl groups is 1. The Morgan fingerprint density at radius 3 is 2.67 bits per heavy atom. The van der Waals surface area contributed by atoms with Crippen molar-refractivity contribution in [3.8, 4) is 0 Å². The normalized spacial score (nSPS) is 12.3. The van der Waals surface area contributed by atoms with E-state index in [0.29, 0.717) is 11.1 Å². The number of benzene rings is 1. The van der Waals surface area contributed by atoms with E-state index in [1.165, 1.54) is 17.4 Å². The van der Waals surface area contributed by atoms with Gasteiger partial charge < -0.3 is 5.11 Å². The summed E-state index contributed by atoms with van der Waals surface area (Å²) in [4.78, 5) is 4.10. The molecule has 2 aromatic rings. The van der Waals surface area contributed by atoms with Crippen molar-refractivity contribution in [2.75, 3.05) is 0 Å². The van der Waals surface area contributed by atoms with E-state index in [4.69, 9.17) is 0 Å². The number of fused-ring (bicyclic) bond motifs is 1. The largest absolute Gasteiger partial charge is 0.386 e. The van der Waals surface area contributed by atoms with Gasteiger partial charge in [-0.15, -0.1) is 11.3 Å². The molecule has 1 N–H and O–H groups in total. The van der Waals surface area contributed by atoms with Crippen LogP contribution in [0, 0.1) is 12.7 Å². The summed E-state index contributed by atoms with van der Waals surface area (Å²) in [5.74, 6) is -0.367. The van der Waals surface area contributed by atoms with Gasteiger partial charge in [0.05, 0.1) is 15.3 Å². The summed E-state index contributed by atoms with van der Waals surface area (Å²) in [6, 6.07) is 3.14. The minimum absolute atomic E-state index is 0.367. The second-order valence-corrected chi connectivity index (χ2v) is 5.33. The second kappa shape index (κ2) is 3.25. The van der Waals surface area contributed by atoms with Gasteiger partial charge in [-0.05, 0) is 38.5 Å². The van der Waals surface area contributed by atoms with Crippen molar-refractivity contribution < 1.29 is 9.50 Å². The lowest BCUT2D eigenvalue weighted by molar-refractivity contribution is 0.0784. The molecule has 0 amide bonds. The zero-order valence-electron chi connectivity index (χ0n) is 8.84. The summed E-state index contributed by atoms with van der Waals surface area (Å²) in [5, 5.41) is 10.6. The minimum Gasteiger partial charge on any atom is -0.386 e. The molecule has 80 valence electrons. The molecule has 0 aliphatic carbocycles. The predicted molar refractivity (Wildman–Crippen MR) is 59.6 cm³/mol. The first-order chi connectivity index (χ1) is 6.88. The number of rotatable bonds is 1. The molecule has 15 heavy (non-hydrogen) atoms. The van der Waals surface area contributed by atoms with Crippen molar-refractivity contribution in [1.29, 1.82) is 0 Å². The molecule has 4 heteroatoms. The highest BCUT2D eigenvalue weighted by molar-refractivity contribution is 7.18. The molecule has 1 aromatic heterocycles. The number of aryl methyl sites for hydroxylation is 1. The Labute approximate surface area is 91.4 Å². The van der Waals surface area contributed by atoms with Crippen molar-refractivity contribution in [3.05, 3.63) is 28.5 Å². The maximum Gasteiger partial charge on any atom is 0.150 e. The van der Waals surface area contributed by atoms with Crippen LogP contribution in [0.15, 0.2) is 12.1 Å². The first kappa shape index (κ1) is 10.5. The molecule has 0 unspecified atom stereocenters. The molecule has 0 aliphatic heterocycles. The van der Waals surface area contributed by atoms with Crippen LogP contribution in [0.1, 0.15) is 24.4 Å². The molecule has 1 aromatic carbocycles. The number of aromatic nitrogens is 1. The van der Waals surface area contributed by atoms with Crippen molar-refractivity contribution in [2.24, 2.45) is 0 Å². The molecule has 0 spiro atoms. The maximum absolute atomic E-state index is 13.6. The Balaban J connectivity index is 2.72. The van der Waals surface area contributed by atoms with Crippen LogP contribution in [-0.2, 0) is 5.60 Å². The van der Waals surface area contributed by atoms with Crippen LogP contribution < -0.4 is 0 Å². The van der Waals surface area contributed by atoms with E-state index in [2.05, 4.69) is 4.98 Å². The average molecular weight is 225 g/mol. The Bertz CT molecular complexity index is 513. The summed E-state index contributed by atoms with van der Waals surface area (Å²) in [5.41, 5.74) is -0.0472. The van der Waals surface area contributed by atoms with Crippen molar-refractivity contribution >= 4 is 21.6 Å². The van der Waals surface area contributed by atoms with E-state index in [-0.39, 0.29) is 5.82 Å². The zero-order chi connectivity index (χ0) is 11.2. The molecular weight excluding hydrogens is 213 g/mol. The van der Waals surface area contributed by atoms with Gasteiger partial charge in [0.1, 0.15) is 5.52 Å². The highest BCUT2D eigenvalue weighted by Gasteiger charge is 2.19. The Kier molecular flexibility index (Phi) is 2.28. The summed E-state index contributed by atoms with van der Waals surface area (Å²) >= 11 is 1.43. The molecule has 2 rings (SSSR count). The Hall–Kier alpha value is -1.00. The van der Waals surface area contributed by atoms with Gasteiger partial charge in [0, 0.05) is 0 Å². The third-order valence-corrected chi connectivity index (χ3v) is 3.18. The van der Waals surface area contributed by atoms with Gasteiger partial charge in [0.15, 0.2) is 5.82 Å². The average Bonchev–Trinajstić information content (AvgIpc) is 2.44. The zero-order valence-corrected chi connectivity index (χ0v) is 9.65. The summed E-state index contributed by atoms with van der Waals surface area (Å²) in [6.45, 7) is 5.12. The molecule has 1 heterocycles. The number of halogens is 1. The molecule has 0 saturated heterocycles. The van der Waals surface area contributed by atoms with Crippen molar-refractivity contribution in [1.82, 2.24) is 4.98 Å². The van der Waals surface area contributed by atoms with Crippen molar-refractivity contribution in [3.63, 3.8) is 0 Å². The first-order valence-corrected chi connectivity index (χ1v) is 5.49. The molecule has 0 aliphatic rings. The fourth-order valence-electron chi connectivity index (χ4n) is 1.45. The fourth-order valence-corrected chi connectivity index (χ4v) is 2.33. The van der Waals surface area contributed by atoms with E-state index in [1.807, 2.05) is 6.92 Å². The van der Waals surface area contributed by atoms with Crippen LogP contribution >= 0.6 is 11.3 Å². The van der Waals surface area contributed by atoms with Gasteiger partial charge in [-0.25, -0.2) is 9.37 Å². The lowest BCUT2D eigenvalue weighted by Gasteiger charge is -2.17. The molecule has 0 bridgehead atoms. The van der Waals surface area contributed by atoms with Crippen molar-refractivity contribution in [2.45, 2.75) is 26.4 Å². The topological polar surface area (TPSA) is 33.1 Å². The summed E-state index contributed by atoms with van der Waals surface area (Å²) in [7, 11) is 0. The van der Waals surface area contributed by atoms with E-state index in [1.54, 1.807) is 19.9 Å². The van der Waals surface area contributed by atoms with Gasteiger partial charge in [0.25, 0.3) is 0 Å². The van der Waals surface area contributed by atoms with Gasteiger partial charge >= 0.3 is 0 Å². The van der Waals surface area contributed by atoms with Gasteiger partial charge in [-0.1, -0.05) is 0 Å². The number of nitrogens with zero attached hydrogens (tertiary/aromatic N) is 1. The number of thiazole rings is 1. The molecule has 0 radical (unpaired) electrons. The minimum atomic E-state index is -1.02. The van der Waals surface area contributed by atoms with Gasteiger partial charge in [0.2, 0.25) is 0 Å². The SMILES string of the molecule is Cc1nc2c(F)cc(C(C)(C)O)cc2s1. The van der Waals surface area contributed by atoms with E-state index in [9.17, 15) is 9.50 Å². The molecular formula is C11H12FNOS. The van der Waals surface area contributed by atoms with E-state index >= 15 is 0 Å². The molecule has 0 atom stereocenters. The lowest BCUT2D eigenvalue weighted by Crippen LogP contribution is -2.15. The monoisotopic (exact) mass is 225 g/mol. The van der Waals surface area contributed by atoms with Crippen LogP contribution in [0.5, 0.6) is 0 Å².